The van der Waals surface area contributed by atoms with E-state index >= 15 is 0 Å². The molecule has 3 N–H and O–H groups in total. The predicted octanol–water partition coefficient (Wildman–Crippen LogP) is 20.5. The number of aliphatic hydroxyl groups excluding tert-OH is 1. The molecule has 90 heavy (non-hydrogen) atoms. The summed E-state index contributed by atoms with van der Waals surface area (Å²) in [6, 6.07) is 0. The molecule has 17 nitrogen and oxygen atoms in total. The lowest BCUT2D eigenvalue weighted by Crippen LogP contribution is -2.30. The van der Waals surface area contributed by atoms with E-state index in [1.807, 2.05) is 0 Å². The minimum Gasteiger partial charge on any atom is -0.462 e. The first-order valence-corrected chi connectivity index (χ1v) is 40.1. The number of esters is 4. The highest BCUT2D eigenvalue weighted by atomic mass is 31.2. The van der Waals surface area contributed by atoms with Crippen molar-refractivity contribution in [1.29, 1.82) is 0 Å². The summed E-state index contributed by atoms with van der Waals surface area (Å²) in [4.78, 5) is 72.4. The van der Waals surface area contributed by atoms with Crippen LogP contribution in [0.15, 0.2) is 0 Å². The molecule has 5 atom stereocenters. The Kier molecular flexibility index (Phi) is 63.0. The van der Waals surface area contributed by atoms with Crippen LogP contribution in [0.5, 0.6) is 0 Å². The highest BCUT2D eigenvalue weighted by Crippen LogP contribution is 2.45. The minimum absolute atomic E-state index is 0.104. The second-order valence-electron chi connectivity index (χ2n) is 26.1. The van der Waals surface area contributed by atoms with E-state index in [1.54, 1.807) is 0 Å². The van der Waals surface area contributed by atoms with Gasteiger partial charge in [0.05, 0.1) is 26.4 Å². The van der Waals surface area contributed by atoms with Crippen LogP contribution >= 0.6 is 15.6 Å². The second-order valence-corrected chi connectivity index (χ2v) is 29.0. The zero-order valence-electron chi connectivity index (χ0n) is 58.3. The fourth-order valence-electron chi connectivity index (χ4n) is 10.8. The van der Waals surface area contributed by atoms with Crippen molar-refractivity contribution in [2.24, 2.45) is 5.92 Å². The van der Waals surface area contributed by atoms with E-state index in [2.05, 4.69) is 34.6 Å². The number of phosphoric ester groups is 2. The molecule has 534 valence electrons. The molecule has 0 saturated carbocycles. The van der Waals surface area contributed by atoms with Crippen molar-refractivity contribution < 1.29 is 80.2 Å². The summed E-state index contributed by atoms with van der Waals surface area (Å²) in [5, 5.41) is 10.6. The Morgan fingerprint density at radius 1 is 0.300 bits per heavy atom. The van der Waals surface area contributed by atoms with Gasteiger partial charge in [-0.05, 0) is 31.6 Å². The van der Waals surface area contributed by atoms with Gasteiger partial charge < -0.3 is 33.8 Å². The summed E-state index contributed by atoms with van der Waals surface area (Å²) in [5.74, 6) is -1.43. The summed E-state index contributed by atoms with van der Waals surface area (Å²) in [6.07, 6.45) is 51.5. The quantitative estimate of drug-likeness (QED) is 0.0222. The Bertz CT molecular complexity index is 1740. The zero-order valence-corrected chi connectivity index (χ0v) is 60.1. The van der Waals surface area contributed by atoms with E-state index in [-0.39, 0.29) is 25.7 Å². The Morgan fingerprint density at radius 2 is 0.511 bits per heavy atom. The molecule has 0 amide bonds. The topological polar surface area (TPSA) is 237 Å². The molecule has 0 heterocycles. The molecule has 0 aromatic carbocycles. The van der Waals surface area contributed by atoms with Gasteiger partial charge in [0.15, 0.2) is 12.2 Å². The van der Waals surface area contributed by atoms with Gasteiger partial charge in [0.2, 0.25) is 0 Å². The van der Waals surface area contributed by atoms with Gasteiger partial charge in [-0.1, -0.05) is 317 Å². The predicted molar refractivity (Wildman–Crippen MR) is 363 cm³/mol. The summed E-state index contributed by atoms with van der Waals surface area (Å²) in [6.45, 7) is 7.16. The van der Waals surface area contributed by atoms with Crippen LogP contribution in [0.2, 0.25) is 0 Å². The lowest BCUT2D eigenvalue weighted by Gasteiger charge is -2.21. The van der Waals surface area contributed by atoms with Gasteiger partial charge in [0, 0.05) is 25.7 Å². The number of hydrogen-bond acceptors (Lipinski definition) is 15. The Hall–Kier alpha value is -1.94. The van der Waals surface area contributed by atoms with Gasteiger partial charge in [-0.3, -0.25) is 37.3 Å². The fraction of sp³-hybridized carbons (Fsp3) is 0.944. The van der Waals surface area contributed by atoms with E-state index in [1.165, 1.54) is 186 Å². The number of ether oxygens (including phenoxy) is 4. The molecule has 0 aliphatic heterocycles. The molecule has 0 spiro atoms. The number of unbranched alkanes of at least 4 members (excludes halogenated alkanes) is 43. The summed E-state index contributed by atoms with van der Waals surface area (Å²) < 4.78 is 68.2. The Labute approximate surface area is 549 Å². The third-order valence-corrected chi connectivity index (χ3v) is 18.4. The highest BCUT2D eigenvalue weighted by molar-refractivity contribution is 7.47. The summed E-state index contributed by atoms with van der Waals surface area (Å²) >= 11 is 0. The number of phosphoric acid groups is 2. The van der Waals surface area contributed by atoms with Crippen molar-refractivity contribution in [3.63, 3.8) is 0 Å². The Balaban J connectivity index is 5.18. The van der Waals surface area contributed by atoms with Gasteiger partial charge in [-0.15, -0.1) is 0 Å². The molecule has 0 rings (SSSR count). The third kappa shape index (κ3) is 64.8. The van der Waals surface area contributed by atoms with E-state index < -0.39 is 97.5 Å². The van der Waals surface area contributed by atoms with Crippen molar-refractivity contribution in [3.8, 4) is 0 Å². The lowest BCUT2D eigenvalue weighted by molar-refractivity contribution is -0.161. The molecular formula is C71H138O17P2. The van der Waals surface area contributed by atoms with Gasteiger partial charge in [0.25, 0.3) is 0 Å². The highest BCUT2D eigenvalue weighted by Gasteiger charge is 2.30. The van der Waals surface area contributed by atoms with Crippen LogP contribution in [0.4, 0.5) is 0 Å². The van der Waals surface area contributed by atoms with Crippen molar-refractivity contribution in [1.82, 2.24) is 0 Å². The molecule has 0 aliphatic carbocycles. The van der Waals surface area contributed by atoms with E-state index in [0.29, 0.717) is 31.6 Å². The van der Waals surface area contributed by atoms with Gasteiger partial charge in [-0.2, -0.15) is 0 Å². The first-order valence-electron chi connectivity index (χ1n) is 37.1. The number of carbonyl (C=O) groups is 4. The maximum Gasteiger partial charge on any atom is 0.472 e. The van der Waals surface area contributed by atoms with Crippen LogP contribution in [0.25, 0.3) is 0 Å². The van der Waals surface area contributed by atoms with Crippen LogP contribution in [0, 0.1) is 5.92 Å². The van der Waals surface area contributed by atoms with E-state index in [4.69, 9.17) is 37.0 Å². The maximum atomic E-state index is 13.0. The standard InChI is InChI=1S/C71H138O17P2/c1-6-9-12-15-18-21-23-25-26-27-28-29-30-32-34-36-41-46-51-56-70(75)87-66(61-82-69(74)55-50-45-40-35-33-31-24-22-19-16-13-10-7-2)62-85-89(77,78)83-58-65(72)59-84-90(79,80)86-63-67(60-81-68(73)54-49-44-39-20-17-14-11-8-3)88-71(76)57-52-47-42-37-38-43-48-53-64(4)5/h64-67,72H,6-63H2,1-5H3,(H,77,78)(H,79,80)/t65-,66-,67-/m1/s1. The lowest BCUT2D eigenvalue weighted by atomic mass is 10.0. The van der Waals surface area contributed by atoms with Crippen LogP contribution < -0.4 is 0 Å². The van der Waals surface area contributed by atoms with E-state index in [9.17, 15) is 43.2 Å². The van der Waals surface area contributed by atoms with Crippen LogP contribution in [0.1, 0.15) is 369 Å². The Morgan fingerprint density at radius 3 is 0.756 bits per heavy atom. The second kappa shape index (κ2) is 64.4. The molecule has 0 saturated heterocycles. The maximum absolute atomic E-state index is 13.0. The largest absolute Gasteiger partial charge is 0.472 e. The van der Waals surface area contributed by atoms with Crippen molar-refractivity contribution in [2.75, 3.05) is 39.6 Å². The summed E-state index contributed by atoms with van der Waals surface area (Å²) in [5.41, 5.74) is 0. The smallest absolute Gasteiger partial charge is 0.462 e. The molecular weight excluding hydrogens is 1190 g/mol. The van der Waals surface area contributed by atoms with Gasteiger partial charge >= 0.3 is 39.5 Å². The fourth-order valence-corrected chi connectivity index (χ4v) is 12.4. The molecule has 2 unspecified atom stereocenters. The SMILES string of the molecule is CCCCCCCCCCCCCCCCCCCCCC(=O)O[C@H](COC(=O)CCCCCCCCCCCCCCC)COP(=O)(O)OC[C@@H](O)COP(=O)(O)OC[C@@H](COC(=O)CCCCCCCCCC)OC(=O)CCCCCCCCCC(C)C. The normalized spacial score (nSPS) is 14.1. The summed E-state index contributed by atoms with van der Waals surface area (Å²) in [7, 11) is -9.90. The number of carbonyl (C=O) groups excluding carboxylic acids is 4. The van der Waals surface area contributed by atoms with Crippen LogP contribution in [-0.2, 0) is 65.4 Å². The molecule has 0 radical (unpaired) electrons. The first kappa shape index (κ1) is 88.1. The number of aliphatic hydroxyl groups is 1. The molecule has 0 aromatic heterocycles. The van der Waals surface area contributed by atoms with Gasteiger partial charge in [0.1, 0.15) is 19.3 Å². The van der Waals surface area contributed by atoms with Crippen molar-refractivity contribution in [2.45, 2.75) is 387 Å². The number of hydrogen-bond donors (Lipinski definition) is 3. The zero-order chi connectivity index (χ0) is 66.3. The monoisotopic (exact) mass is 1320 g/mol. The van der Waals surface area contributed by atoms with Crippen molar-refractivity contribution in [3.05, 3.63) is 0 Å². The number of rotatable bonds is 71. The molecule has 0 fully saturated rings. The van der Waals surface area contributed by atoms with Crippen molar-refractivity contribution >= 4 is 39.5 Å². The average Bonchev–Trinajstić information content (AvgIpc) is 3.53. The van der Waals surface area contributed by atoms with Crippen LogP contribution in [0.3, 0.4) is 0 Å². The molecule has 0 aromatic rings. The van der Waals surface area contributed by atoms with Gasteiger partial charge in [-0.25, -0.2) is 9.13 Å². The van der Waals surface area contributed by atoms with E-state index in [0.717, 1.165) is 96.3 Å². The minimum atomic E-state index is -4.95. The first-order chi connectivity index (χ1) is 43.5. The average molecular weight is 1330 g/mol. The molecule has 0 aliphatic rings. The third-order valence-electron chi connectivity index (χ3n) is 16.5. The molecule has 19 heteroatoms. The molecule has 0 bridgehead atoms. The van der Waals surface area contributed by atoms with Crippen LogP contribution in [-0.4, -0.2) is 96.7 Å².